The highest BCUT2D eigenvalue weighted by molar-refractivity contribution is 7.13. The fourth-order valence-corrected chi connectivity index (χ4v) is 2.65. The number of aromatic amines is 1. The number of hydrogen-bond donors (Lipinski definition) is 1. The maximum atomic E-state index is 12.7. The van der Waals surface area contributed by atoms with E-state index < -0.39 is 17.8 Å². The minimum Gasteiger partial charge on any atom is -0.461 e. The maximum absolute atomic E-state index is 12.7. The van der Waals surface area contributed by atoms with Gasteiger partial charge in [0.2, 0.25) is 0 Å². The van der Waals surface area contributed by atoms with Crippen molar-refractivity contribution in [2.24, 2.45) is 0 Å². The molecule has 0 atom stereocenters. The minimum absolute atomic E-state index is 0.0371. The standard InChI is InChI=1S/C14H16F3N3O2S/c1-13(2,3)12-18-7-9(23-12)11(21)22-5-4-8-6-19-20-10(8)14(15,16)17/h6-7H,4-5H2,1-3H3,(H,19,20). The summed E-state index contributed by atoms with van der Waals surface area (Å²) in [5.74, 6) is -0.588. The van der Waals surface area contributed by atoms with Crippen LogP contribution in [0.5, 0.6) is 0 Å². The summed E-state index contributed by atoms with van der Waals surface area (Å²) in [4.78, 5) is 16.4. The smallest absolute Gasteiger partial charge is 0.433 e. The first-order valence-corrected chi connectivity index (χ1v) is 7.63. The quantitative estimate of drug-likeness (QED) is 0.859. The normalized spacial score (nSPS) is 12.4. The van der Waals surface area contributed by atoms with Crippen LogP contribution in [0.25, 0.3) is 0 Å². The Hall–Kier alpha value is -1.90. The molecule has 2 heterocycles. The van der Waals surface area contributed by atoms with Crippen LogP contribution >= 0.6 is 11.3 Å². The topological polar surface area (TPSA) is 67.9 Å². The van der Waals surface area contributed by atoms with Gasteiger partial charge in [-0.25, -0.2) is 9.78 Å². The zero-order valence-electron chi connectivity index (χ0n) is 12.8. The van der Waals surface area contributed by atoms with Crippen LogP contribution in [0, 0.1) is 0 Å². The number of carbonyl (C=O) groups is 1. The third kappa shape index (κ3) is 4.31. The number of thiazole rings is 1. The van der Waals surface area contributed by atoms with Gasteiger partial charge in [0, 0.05) is 17.4 Å². The molecule has 1 N–H and O–H groups in total. The Morgan fingerprint density at radius 2 is 2.00 bits per heavy atom. The van der Waals surface area contributed by atoms with Crippen molar-refractivity contribution >= 4 is 17.3 Å². The molecule has 126 valence electrons. The molecule has 23 heavy (non-hydrogen) atoms. The highest BCUT2D eigenvalue weighted by Gasteiger charge is 2.35. The van der Waals surface area contributed by atoms with Crippen molar-refractivity contribution in [2.45, 2.75) is 38.8 Å². The van der Waals surface area contributed by atoms with Gasteiger partial charge >= 0.3 is 12.1 Å². The molecule has 0 amide bonds. The Labute approximate surface area is 134 Å². The molecule has 0 aliphatic rings. The van der Waals surface area contributed by atoms with E-state index in [9.17, 15) is 18.0 Å². The first-order valence-electron chi connectivity index (χ1n) is 6.82. The summed E-state index contributed by atoms with van der Waals surface area (Å²) >= 11 is 1.22. The lowest BCUT2D eigenvalue weighted by molar-refractivity contribution is -0.141. The molecular weight excluding hydrogens is 331 g/mol. The first-order chi connectivity index (χ1) is 10.6. The zero-order chi connectivity index (χ0) is 17.3. The molecular formula is C14H16F3N3O2S. The Bertz CT molecular complexity index is 686. The van der Waals surface area contributed by atoms with Crippen LogP contribution in [-0.4, -0.2) is 27.8 Å². The van der Waals surface area contributed by atoms with Crippen LogP contribution < -0.4 is 0 Å². The van der Waals surface area contributed by atoms with Gasteiger partial charge in [0.1, 0.15) is 10.6 Å². The van der Waals surface area contributed by atoms with Gasteiger partial charge in [-0.2, -0.15) is 18.3 Å². The number of rotatable bonds is 4. The summed E-state index contributed by atoms with van der Waals surface area (Å²) in [5, 5.41) is 6.08. The number of nitrogens with one attached hydrogen (secondary N) is 1. The maximum Gasteiger partial charge on any atom is 0.433 e. The lowest BCUT2D eigenvalue weighted by Gasteiger charge is -2.13. The number of halogens is 3. The molecule has 0 saturated carbocycles. The highest BCUT2D eigenvalue weighted by atomic mass is 32.1. The van der Waals surface area contributed by atoms with E-state index in [1.165, 1.54) is 17.5 Å². The molecule has 0 aliphatic carbocycles. The van der Waals surface area contributed by atoms with Gasteiger partial charge in [-0.1, -0.05) is 20.8 Å². The van der Waals surface area contributed by atoms with Gasteiger partial charge < -0.3 is 4.74 Å². The van der Waals surface area contributed by atoms with E-state index in [1.807, 2.05) is 25.9 Å². The number of nitrogens with zero attached hydrogens (tertiary/aromatic N) is 2. The van der Waals surface area contributed by atoms with Gasteiger partial charge in [-0.15, -0.1) is 11.3 Å². The molecule has 2 aromatic rings. The highest BCUT2D eigenvalue weighted by Crippen LogP contribution is 2.30. The second-order valence-electron chi connectivity index (χ2n) is 5.93. The van der Waals surface area contributed by atoms with E-state index in [0.29, 0.717) is 4.88 Å². The Morgan fingerprint density at radius 3 is 2.57 bits per heavy atom. The van der Waals surface area contributed by atoms with Gasteiger partial charge in [0.05, 0.1) is 24.0 Å². The SMILES string of the molecule is CC(C)(C)c1ncc(C(=O)OCCc2cn[nH]c2C(F)(F)F)s1. The lowest BCUT2D eigenvalue weighted by Crippen LogP contribution is -2.12. The zero-order valence-corrected chi connectivity index (χ0v) is 13.6. The fraction of sp³-hybridized carbons (Fsp3) is 0.500. The predicted octanol–water partition coefficient (Wildman–Crippen LogP) is 3.58. The van der Waals surface area contributed by atoms with Gasteiger partial charge in [0.25, 0.3) is 0 Å². The summed E-state index contributed by atoms with van der Waals surface area (Å²) in [6.07, 6.45) is -2.06. The van der Waals surface area contributed by atoms with E-state index in [4.69, 9.17) is 4.74 Å². The molecule has 0 bridgehead atoms. The fourth-order valence-electron chi connectivity index (χ4n) is 1.79. The second kappa shape index (κ2) is 6.31. The Morgan fingerprint density at radius 1 is 1.30 bits per heavy atom. The van der Waals surface area contributed by atoms with Crippen molar-refractivity contribution in [3.05, 3.63) is 33.5 Å². The molecule has 0 aliphatic heterocycles. The number of hydrogen-bond acceptors (Lipinski definition) is 5. The predicted molar refractivity (Wildman–Crippen MR) is 78.4 cm³/mol. The van der Waals surface area contributed by atoms with Crippen LogP contribution in [0.4, 0.5) is 13.2 Å². The van der Waals surface area contributed by atoms with Crippen molar-refractivity contribution in [2.75, 3.05) is 6.61 Å². The summed E-state index contributed by atoms with van der Waals surface area (Å²) < 4.78 is 43.0. The molecule has 0 spiro atoms. The largest absolute Gasteiger partial charge is 0.461 e. The van der Waals surface area contributed by atoms with Gasteiger partial charge in [0.15, 0.2) is 0 Å². The molecule has 2 aromatic heterocycles. The summed E-state index contributed by atoms with van der Waals surface area (Å²) in [6, 6.07) is 0. The third-order valence-corrected chi connectivity index (χ3v) is 4.36. The van der Waals surface area contributed by atoms with Crippen LogP contribution in [0.15, 0.2) is 12.4 Å². The van der Waals surface area contributed by atoms with Gasteiger partial charge in [-0.3, -0.25) is 5.10 Å². The van der Waals surface area contributed by atoms with E-state index in [0.717, 1.165) is 11.2 Å². The summed E-state index contributed by atoms with van der Waals surface area (Å²) in [6.45, 7) is 5.75. The summed E-state index contributed by atoms with van der Waals surface area (Å²) in [5.41, 5.74) is -1.13. The number of aromatic nitrogens is 3. The minimum atomic E-state index is -4.50. The number of carbonyl (C=O) groups excluding carboxylic acids is 1. The van der Waals surface area contributed by atoms with Crippen molar-refractivity contribution in [1.82, 2.24) is 15.2 Å². The Balaban J connectivity index is 1.93. The van der Waals surface area contributed by atoms with Crippen LogP contribution in [0.1, 0.15) is 46.7 Å². The van der Waals surface area contributed by atoms with Gasteiger partial charge in [-0.05, 0) is 0 Å². The molecule has 0 fully saturated rings. The Kier molecular flexibility index (Phi) is 4.79. The molecule has 0 saturated heterocycles. The second-order valence-corrected chi connectivity index (χ2v) is 6.96. The lowest BCUT2D eigenvalue weighted by atomic mass is 9.98. The number of esters is 1. The van der Waals surface area contributed by atoms with E-state index >= 15 is 0 Å². The van der Waals surface area contributed by atoms with Crippen molar-refractivity contribution in [3.8, 4) is 0 Å². The van der Waals surface area contributed by atoms with E-state index in [2.05, 4.69) is 10.1 Å². The van der Waals surface area contributed by atoms with Crippen molar-refractivity contribution < 1.29 is 22.7 Å². The number of ether oxygens (including phenoxy) is 1. The molecule has 0 radical (unpaired) electrons. The average molecular weight is 347 g/mol. The third-order valence-electron chi connectivity index (χ3n) is 2.95. The molecule has 0 unspecified atom stereocenters. The van der Waals surface area contributed by atoms with Crippen molar-refractivity contribution in [1.29, 1.82) is 0 Å². The van der Waals surface area contributed by atoms with Crippen LogP contribution in [-0.2, 0) is 22.7 Å². The average Bonchev–Trinajstić information content (AvgIpc) is 3.06. The van der Waals surface area contributed by atoms with E-state index in [1.54, 1.807) is 0 Å². The number of alkyl halides is 3. The molecule has 0 aromatic carbocycles. The molecule has 5 nitrogen and oxygen atoms in total. The number of H-pyrrole nitrogens is 1. The monoisotopic (exact) mass is 347 g/mol. The van der Waals surface area contributed by atoms with Crippen LogP contribution in [0.3, 0.4) is 0 Å². The summed E-state index contributed by atoms with van der Waals surface area (Å²) in [7, 11) is 0. The van der Waals surface area contributed by atoms with Crippen LogP contribution in [0.2, 0.25) is 0 Å². The van der Waals surface area contributed by atoms with Crippen molar-refractivity contribution in [3.63, 3.8) is 0 Å². The van der Waals surface area contributed by atoms with E-state index in [-0.39, 0.29) is 24.0 Å². The molecule has 2 rings (SSSR count). The first kappa shape index (κ1) is 17.5. The molecule has 9 heteroatoms.